The average molecular weight is 358 g/mol. The molecule has 0 saturated heterocycles. The fourth-order valence-corrected chi connectivity index (χ4v) is 2.99. The van der Waals surface area contributed by atoms with Gasteiger partial charge in [-0.1, -0.05) is 66.7 Å². The van der Waals surface area contributed by atoms with Crippen molar-refractivity contribution in [2.45, 2.75) is 19.4 Å². The molecule has 3 aromatic rings. The summed E-state index contributed by atoms with van der Waals surface area (Å²) in [6.07, 6.45) is 1.80. The van der Waals surface area contributed by atoms with E-state index in [0.717, 1.165) is 24.7 Å². The topological polar surface area (TPSA) is 49.3 Å². The number of rotatable bonds is 7. The molecule has 4 heteroatoms. The second kappa shape index (κ2) is 10.1. The maximum Gasteiger partial charge on any atom is 0.191 e. The molecule has 0 amide bonds. The van der Waals surface area contributed by atoms with Crippen LogP contribution in [0.15, 0.2) is 90.1 Å². The molecule has 0 fully saturated rings. The van der Waals surface area contributed by atoms with Crippen molar-refractivity contribution < 1.29 is 0 Å². The molecule has 0 atom stereocenters. The molecule has 4 nitrogen and oxygen atoms in total. The Morgan fingerprint density at radius 3 is 2.04 bits per heavy atom. The summed E-state index contributed by atoms with van der Waals surface area (Å²) >= 11 is 0. The molecule has 0 aliphatic rings. The first-order valence-electron chi connectivity index (χ1n) is 9.39. The van der Waals surface area contributed by atoms with Gasteiger partial charge < -0.3 is 10.6 Å². The highest BCUT2D eigenvalue weighted by Gasteiger charge is 2.14. The zero-order chi connectivity index (χ0) is 18.7. The Morgan fingerprint density at radius 2 is 1.48 bits per heavy atom. The summed E-state index contributed by atoms with van der Waals surface area (Å²) < 4.78 is 0. The number of nitrogens with one attached hydrogen (secondary N) is 2. The minimum atomic E-state index is 0.256. The molecule has 0 saturated carbocycles. The van der Waals surface area contributed by atoms with Crippen LogP contribution in [0, 0.1) is 0 Å². The van der Waals surface area contributed by atoms with E-state index in [2.05, 4.69) is 88.2 Å². The monoisotopic (exact) mass is 358 g/mol. The summed E-state index contributed by atoms with van der Waals surface area (Å²) in [5, 5.41) is 6.82. The van der Waals surface area contributed by atoms with Crippen LogP contribution in [0.1, 0.15) is 29.7 Å². The molecule has 2 aromatic carbocycles. The lowest BCUT2D eigenvalue weighted by atomic mass is 9.91. The van der Waals surface area contributed by atoms with Crippen molar-refractivity contribution in [2.75, 3.05) is 13.1 Å². The molecular formula is C23H26N4. The number of hydrogen-bond donors (Lipinski definition) is 2. The Hall–Kier alpha value is -3.14. The van der Waals surface area contributed by atoms with Gasteiger partial charge >= 0.3 is 0 Å². The zero-order valence-electron chi connectivity index (χ0n) is 15.7. The summed E-state index contributed by atoms with van der Waals surface area (Å²) in [4.78, 5) is 9.01. The fraction of sp³-hybridized carbons (Fsp3) is 0.217. The number of pyridine rings is 1. The van der Waals surface area contributed by atoms with Crippen LogP contribution in [-0.2, 0) is 6.54 Å². The van der Waals surface area contributed by atoms with E-state index in [4.69, 9.17) is 0 Å². The van der Waals surface area contributed by atoms with E-state index in [1.165, 1.54) is 11.1 Å². The molecule has 0 bridgehead atoms. The summed E-state index contributed by atoms with van der Waals surface area (Å²) in [6, 6.07) is 27.1. The van der Waals surface area contributed by atoms with Crippen LogP contribution in [0.5, 0.6) is 0 Å². The van der Waals surface area contributed by atoms with Gasteiger partial charge in [0.1, 0.15) is 0 Å². The van der Waals surface area contributed by atoms with Crippen LogP contribution < -0.4 is 10.6 Å². The van der Waals surface area contributed by atoms with Crippen molar-refractivity contribution in [1.29, 1.82) is 0 Å². The predicted octanol–water partition coefficient (Wildman–Crippen LogP) is 3.97. The Kier molecular flexibility index (Phi) is 6.99. The van der Waals surface area contributed by atoms with Gasteiger partial charge in [-0.05, 0) is 30.2 Å². The molecule has 3 rings (SSSR count). The molecule has 1 heterocycles. The highest BCUT2D eigenvalue weighted by molar-refractivity contribution is 5.79. The van der Waals surface area contributed by atoms with E-state index >= 15 is 0 Å². The van der Waals surface area contributed by atoms with Crippen LogP contribution in [0.4, 0.5) is 0 Å². The number of aliphatic imine (C=N–C) groups is 1. The normalized spacial score (nSPS) is 11.4. The van der Waals surface area contributed by atoms with E-state index < -0.39 is 0 Å². The SMILES string of the molecule is CCNC(=NCc1ccccn1)NCC(c1ccccc1)c1ccccc1. The maximum atomic E-state index is 4.67. The summed E-state index contributed by atoms with van der Waals surface area (Å²) in [5.41, 5.74) is 3.53. The second-order valence-electron chi connectivity index (χ2n) is 6.27. The van der Waals surface area contributed by atoms with E-state index in [-0.39, 0.29) is 5.92 Å². The number of nitrogens with zero attached hydrogens (tertiary/aromatic N) is 2. The number of aromatic nitrogens is 1. The minimum absolute atomic E-state index is 0.256. The molecule has 0 aliphatic heterocycles. The maximum absolute atomic E-state index is 4.67. The lowest BCUT2D eigenvalue weighted by Crippen LogP contribution is -2.39. The third-order valence-corrected chi connectivity index (χ3v) is 4.35. The van der Waals surface area contributed by atoms with E-state index in [1.807, 2.05) is 18.2 Å². The average Bonchev–Trinajstić information content (AvgIpc) is 2.74. The summed E-state index contributed by atoms with van der Waals surface area (Å²) in [7, 11) is 0. The number of guanidine groups is 1. The van der Waals surface area contributed by atoms with Gasteiger partial charge in [-0.15, -0.1) is 0 Å². The number of benzene rings is 2. The highest BCUT2D eigenvalue weighted by atomic mass is 15.2. The Balaban J connectivity index is 1.74. The van der Waals surface area contributed by atoms with Crippen LogP contribution in [0.2, 0.25) is 0 Å². The molecule has 27 heavy (non-hydrogen) atoms. The standard InChI is InChI=1S/C23H26N4/c1-2-24-23(26-17-21-15-9-10-16-25-21)27-18-22(19-11-5-3-6-12-19)20-13-7-4-8-14-20/h3-16,22H,2,17-18H2,1H3,(H2,24,26,27). The first-order chi connectivity index (χ1) is 13.4. The van der Waals surface area contributed by atoms with Crippen molar-refractivity contribution >= 4 is 5.96 Å². The van der Waals surface area contributed by atoms with Gasteiger partial charge in [0.05, 0.1) is 12.2 Å². The minimum Gasteiger partial charge on any atom is -0.357 e. The van der Waals surface area contributed by atoms with Crippen molar-refractivity contribution in [2.24, 2.45) is 4.99 Å². The van der Waals surface area contributed by atoms with Crippen LogP contribution in [-0.4, -0.2) is 24.0 Å². The fourth-order valence-electron chi connectivity index (χ4n) is 2.99. The van der Waals surface area contributed by atoms with Gasteiger partial charge in [0.15, 0.2) is 5.96 Å². The van der Waals surface area contributed by atoms with Crippen LogP contribution in [0.25, 0.3) is 0 Å². The van der Waals surface area contributed by atoms with Crippen molar-refractivity contribution in [1.82, 2.24) is 15.6 Å². The van der Waals surface area contributed by atoms with Gasteiger partial charge in [0, 0.05) is 25.2 Å². The van der Waals surface area contributed by atoms with Gasteiger partial charge in [-0.25, -0.2) is 4.99 Å². The van der Waals surface area contributed by atoms with E-state index in [1.54, 1.807) is 6.20 Å². The largest absolute Gasteiger partial charge is 0.357 e. The molecule has 0 aliphatic carbocycles. The van der Waals surface area contributed by atoms with Gasteiger partial charge in [0.2, 0.25) is 0 Å². The summed E-state index contributed by atoms with van der Waals surface area (Å²) in [5.74, 6) is 1.06. The first-order valence-corrected chi connectivity index (χ1v) is 9.39. The molecule has 138 valence electrons. The Bertz CT molecular complexity index is 777. The third-order valence-electron chi connectivity index (χ3n) is 4.35. The lowest BCUT2D eigenvalue weighted by Gasteiger charge is -2.20. The predicted molar refractivity (Wildman–Crippen MR) is 112 cm³/mol. The first kappa shape index (κ1) is 18.6. The molecular weight excluding hydrogens is 332 g/mol. The molecule has 0 unspecified atom stereocenters. The van der Waals surface area contributed by atoms with Crippen molar-refractivity contribution in [3.05, 3.63) is 102 Å². The molecule has 2 N–H and O–H groups in total. The lowest BCUT2D eigenvalue weighted by molar-refractivity contribution is 0.728. The Morgan fingerprint density at radius 1 is 0.852 bits per heavy atom. The zero-order valence-corrected chi connectivity index (χ0v) is 15.7. The van der Waals surface area contributed by atoms with Gasteiger partial charge in [0.25, 0.3) is 0 Å². The van der Waals surface area contributed by atoms with Gasteiger partial charge in [-0.2, -0.15) is 0 Å². The molecule has 0 spiro atoms. The van der Waals surface area contributed by atoms with Gasteiger partial charge in [-0.3, -0.25) is 4.98 Å². The van der Waals surface area contributed by atoms with Crippen molar-refractivity contribution in [3.63, 3.8) is 0 Å². The molecule has 0 radical (unpaired) electrons. The second-order valence-corrected chi connectivity index (χ2v) is 6.27. The Labute approximate surface area is 161 Å². The van der Waals surface area contributed by atoms with E-state index in [9.17, 15) is 0 Å². The highest BCUT2D eigenvalue weighted by Crippen LogP contribution is 2.23. The van der Waals surface area contributed by atoms with Crippen LogP contribution >= 0.6 is 0 Å². The molecule has 1 aromatic heterocycles. The van der Waals surface area contributed by atoms with Crippen molar-refractivity contribution in [3.8, 4) is 0 Å². The summed E-state index contributed by atoms with van der Waals surface area (Å²) in [6.45, 7) is 4.21. The number of hydrogen-bond acceptors (Lipinski definition) is 2. The van der Waals surface area contributed by atoms with E-state index in [0.29, 0.717) is 6.54 Å². The quantitative estimate of drug-likeness (QED) is 0.496. The van der Waals surface area contributed by atoms with Crippen LogP contribution in [0.3, 0.4) is 0 Å². The smallest absolute Gasteiger partial charge is 0.191 e. The third kappa shape index (κ3) is 5.68.